The first-order valence-electron chi connectivity index (χ1n) is 7.23. The van der Waals surface area contributed by atoms with Gasteiger partial charge < -0.3 is 23.6 Å². The summed E-state index contributed by atoms with van der Waals surface area (Å²) < 4.78 is 21.1. The molecule has 6 heteroatoms. The molecule has 0 unspecified atom stereocenters. The van der Waals surface area contributed by atoms with E-state index in [9.17, 15) is 4.79 Å². The molecule has 0 saturated heterocycles. The monoisotopic (exact) mass is 327 g/mol. The van der Waals surface area contributed by atoms with Gasteiger partial charge in [0.2, 0.25) is 5.75 Å². The number of aromatic nitrogens is 1. The van der Waals surface area contributed by atoms with Gasteiger partial charge in [-0.05, 0) is 29.8 Å². The average Bonchev–Trinajstić information content (AvgIpc) is 3.15. The molecule has 0 atom stereocenters. The average molecular weight is 327 g/mol. The molecular weight excluding hydrogens is 310 g/mol. The van der Waals surface area contributed by atoms with Crippen molar-refractivity contribution in [2.75, 3.05) is 21.3 Å². The highest BCUT2D eigenvalue weighted by atomic mass is 16.5. The lowest BCUT2D eigenvalue weighted by Gasteiger charge is -2.14. The first-order valence-corrected chi connectivity index (χ1v) is 7.23. The zero-order valence-electron chi connectivity index (χ0n) is 13.6. The van der Waals surface area contributed by atoms with Gasteiger partial charge in [-0.15, -0.1) is 0 Å². The smallest absolute Gasteiger partial charge is 0.255 e. The maximum absolute atomic E-state index is 12.3. The molecule has 124 valence electrons. The van der Waals surface area contributed by atoms with Crippen molar-refractivity contribution in [3.8, 4) is 39.5 Å². The zero-order chi connectivity index (χ0) is 17.1. The second kappa shape index (κ2) is 6.54. The summed E-state index contributed by atoms with van der Waals surface area (Å²) in [4.78, 5) is 15.1. The van der Waals surface area contributed by atoms with Crippen molar-refractivity contribution in [3.63, 3.8) is 0 Å². The highest BCUT2D eigenvalue weighted by Gasteiger charge is 2.16. The molecule has 0 aliphatic rings. The Morgan fingerprint density at radius 1 is 0.917 bits per heavy atom. The van der Waals surface area contributed by atoms with Crippen LogP contribution in [0.15, 0.2) is 52.2 Å². The molecule has 0 bridgehead atoms. The number of hydrogen-bond donors (Lipinski definition) is 1. The Morgan fingerprint density at radius 3 is 2.17 bits per heavy atom. The van der Waals surface area contributed by atoms with E-state index in [1.54, 1.807) is 36.9 Å². The van der Waals surface area contributed by atoms with Crippen LogP contribution < -0.4 is 19.8 Å². The fraction of sp³-hybridized carbons (Fsp3) is 0.167. The predicted molar refractivity (Wildman–Crippen MR) is 89.9 cm³/mol. The molecule has 3 aromatic rings. The second-order valence-electron chi connectivity index (χ2n) is 5.06. The summed E-state index contributed by atoms with van der Waals surface area (Å²) in [5.74, 6) is 1.45. The summed E-state index contributed by atoms with van der Waals surface area (Å²) in [6, 6.07) is 7.10. The van der Waals surface area contributed by atoms with Crippen LogP contribution in [0.1, 0.15) is 0 Å². The molecule has 0 saturated carbocycles. The van der Waals surface area contributed by atoms with Gasteiger partial charge in [-0.1, -0.05) is 0 Å². The number of aromatic amines is 1. The third kappa shape index (κ3) is 2.74. The van der Waals surface area contributed by atoms with Crippen molar-refractivity contribution < 1.29 is 18.6 Å². The van der Waals surface area contributed by atoms with Crippen LogP contribution >= 0.6 is 0 Å². The van der Waals surface area contributed by atoms with E-state index in [4.69, 9.17) is 18.6 Å². The first-order chi connectivity index (χ1) is 11.7. The van der Waals surface area contributed by atoms with E-state index in [2.05, 4.69) is 4.98 Å². The normalized spacial score (nSPS) is 10.5. The first kappa shape index (κ1) is 15.7. The maximum Gasteiger partial charge on any atom is 0.255 e. The number of furan rings is 1. The lowest BCUT2D eigenvalue weighted by atomic mass is 10.0. The minimum Gasteiger partial charge on any atom is -0.493 e. The number of rotatable bonds is 5. The summed E-state index contributed by atoms with van der Waals surface area (Å²) in [6.07, 6.45) is 4.85. The van der Waals surface area contributed by atoms with Crippen molar-refractivity contribution in [3.05, 3.63) is 53.3 Å². The number of hydrogen-bond acceptors (Lipinski definition) is 5. The van der Waals surface area contributed by atoms with E-state index < -0.39 is 0 Å². The Labute approximate surface area is 138 Å². The number of pyridine rings is 1. The van der Waals surface area contributed by atoms with Crippen molar-refractivity contribution >= 4 is 0 Å². The summed E-state index contributed by atoms with van der Waals surface area (Å²) in [7, 11) is 4.60. The van der Waals surface area contributed by atoms with Crippen LogP contribution in [0.25, 0.3) is 22.3 Å². The van der Waals surface area contributed by atoms with Crippen molar-refractivity contribution in [1.82, 2.24) is 4.98 Å². The summed E-state index contributed by atoms with van der Waals surface area (Å²) in [5, 5.41) is 0. The van der Waals surface area contributed by atoms with Crippen LogP contribution in [0.3, 0.4) is 0 Å². The van der Waals surface area contributed by atoms with E-state index in [-0.39, 0.29) is 5.56 Å². The van der Waals surface area contributed by atoms with Crippen LogP contribution in [0.4, 0.5) is 0 Å². The molecule has 24 heavy (non-hydrogen) atoms. The Morgan fingerprint density at radius 2 is 1.62 bits per heavy atom. The maximum atomic E-state index is 12.3. The lowest BCUT2D eigenvalue weighted by molar-refractivity contribution is 0.324. The predicted octanol–water partition coefficient (Wildman–Crippen LogP) is 3.33. The van der Waals surface area contributed by atoms with Gasteiger partial charge in [-0.25, -0.2) is 0 Å². The highest BCUT2D eigenvalue weighted by Crippen LogP contribution is 2.40. The van der Waals surface area contributed by atoms with Gasteiger partial charge in [0.05, 0.1) is 33.9 Å². The van der Waals surface area contributed by atoms with Crippen molar-refractivity contribution in [1.29, 1.82) is 0 Å². The van der Waals surface area contributed by atoms with Crippen LogP contribution in [-0.4, -0.2) is 26.3 Å². The van der Waals surface area contributed by atoms with Crippen molar-refractivity contribution in [2.24, 2.45) is 0 Å². The minimum absolute atomic E-state index is 0.212. The topological polar surface area (TPSA) is 73.7 Å². The number of benzene rings is 1. The Kier molecular flexibility index (Phi) is 4.29. The molecule has 2 aromatic heterocycles. The fourth-order valence-corrected chi connectivity index (χ4v) is 2.53. The van der Waals surface area contributed by atoms with Crippen LogP contribution in [-0.2, 0) is 0 Å². The Bertz CT molecular complexity index is 871. The third-order valence-electron chi connectivity index (χ3n) is 3.73. The number of ether oxygens (including phenoxy) is 3. The molecule has 0 aliphatic carbocycles. The van der Waals surface area contributed by atoms with E-state index in [1.165, 1.54) is 21.3 Å². The second-order valence-corrected chi connectivity index (χ2v) is 5.06. The summed E-state index contributed by atoms with van der Waals surface area (Å²) in [6.45, 7) is 0. The van der Waals surface area contributed by atoms with E-state index >= 15 is 0 Å². The van der Waals surface area contributed by atoms with Gasteiger partial charge in [-0.3, -0.25) is 4.79 Å². The number of methoxy groups -OCH3 is 3. The molecular formula is C18H17NO5. The highest BCUT2D eigenvalue weighted by molar-refractivity contribution is 5.74. The fourth-order valence-electron chi connectivity index (χ4n) is 2.53. The number of nitrogens with one attached hydrogen (secondary N) is 1. The van der Waals surface area contributed by atoms with Gasteiger partial charge in [0.1, 0.15) is 0 Å². The molecule has 1 aromatic carbocycles. The van der Waals surface area contributed by atoms with Crippen LogP contribution in [0, 0.1) is 0 Å². The van der Waals surface area contributed by atoms with E-state index in [1.807, 2.05) is 6.07 Å². The largest absolute Gasteiger partial charge is 0.493 e. The molecule has 2 heterocycles. The molecule has 1 N–H and O–H groups in total. The molecule has 0 aliphatic heterocycles. The van der Waals surface area contributed by atoms with Gasteiger partial charge in [0.15, 0.2) is 11.5 Å². The molecule has 6 nitrogen and oxygen atoms in total. The van der Waals surface area contributed by atoms with Gasteiger partial charge in [0.25, 0.3) is 5.56 Å². The molecule has 0 radical (unpaired) electrons. The standard InChI is InChI=1S/C18H17NO5/c1-21-15-7-12(8-16(22-2)17(15)23-3)14-6-13(9-19-18(14)20)11-4-5-24-10-11/h4-10H,1-3H3,(H,19,20). The summed E-state index contributed by atoms with van der Waals surface area (Å²) >= 11 is 0. The molecule has 3 rings (SSSR count). The summed E-state index contributed by atoms with van der Waals surface area (Å²) in [5.41, 5.74) is 2.66. The Balaban J connectivity index is 2.18. The van der Waals surface area contributed by atoms with Crippen LogP contribution in [0.5, 0.6) is 17.2 Å². The van der Waals surface area contributed by atoms with Crippen LogP contribution in [0.2, 0.25) is 0 Å². The third-order valence-corrected chi connectivity index (χ3v) is 3.73. The minimum atomic E-state index is -0.212. The van der Waals surface area contributed by atoms with Crippen molar-refractivity contribution in [2.45, 2.75) is 0 Å². The van der Waals surface area contributed by atoms with Gasteiger partial charge in [0, 0.05) is 22.9 Å². The number of H-pyrrole nitrogens is 1. The van der Waals surface area contributed by atoms with Gasteiger partial charge in [-0.2, -0.15) is 0 Å². The zero-order valence-corrected chi connectivity index (χ0v) is 13.6. The Hall–Kier alpha value is -3.15. The molecule has 0 amide bonds. The lowest BCUT2D eigenvalue weighted by Crippen LogP contribution is -2.08. The quantitative estimate of drug-likeness (QED) is 0.778. The molecule has 0 fully saturated rings. The SMILES string of the molecule is COc1cc(-c2cc(-c3ccoc3)c[nH]c2=O)cc(OC)c1OC. The van der Waals surface area contributed by atoms with Gasteiger partial charge >= 0.3 is 0 Å². The van der Waals surface area contributed by atoms with E-state index in [0.717, 1.165) is 11.1 Å². The molecule has 0 spiro atoms. The van der Waals surface area contributed by atoms with E-state index in [0.29, 0.717) is 28.4 Å².